The number of hydrogen-bond donors (Lipinski definition) is 1. The summed E-state index contributed by atoms with van der Waals surface area (Å²) in [6.45, 7) is 5.43. The number of carbonyl (C=O) groups excluding carboxylic acids is 1. The number of rotatable bonds is 8. The van der Waals surface area contributed by atoms with E-state index in [4.69, 9.17) is 4.74 Å². The van der Waals surface area contributed by atoms with E-state index in [1.165, 1.54) is 0 Å². The SMILES string of the molecule is COc1ccc(S(=O)(=O)NCc2ccccc2CN2CCCC2=O)cc1C(C)C. The van der Waals surface area contributed by atoms with Gasteiger partial charge in [-0.15, -0.1) is 0 Å². The van der Waals surface area contributed by atoms with Crippen molar-refractivity contribution in [2.45, 2.75) is 50.6 Å². The number of benzene rings is 2. The third kappa shape index (κ3) is 4.97. The second-order valence-corrected chi connectivity index (χ2v) is 9.34. The van der Waals surface area contributed by atoms with Gasteiger partial charge in [-0.25, -0.2) is 13.1 Å². The number of sulfonamides is 1. The highest BCUT2D eigenvalue weighted by molar-refractivity contribution is 7.89. The van der Waals surface area contributed by atoms with Gasteiger partial charge in [0.05, 0.1) is 12.0 Å². The number of nitrogens with zero attached hydrogens (tertiary/aromatic N) is 1. The molecule has 0 spiro atoms. The molecular formula is C22H28N2O4S. The first-order chi connectivity index (χ1) is 13.8. The van der Waals surface area contributed by atoms with E-state index in [0.29, 0.717) is 18.7 Å². The van der Waals surface area contributed by atoms with Gasteiger partial charge in [0.2, 0.25) is 15.9 Å². The van der Waals surface area contributed by atoms with E-state index in [9.17, 15) is 13.2 Å². The van der Waals surface area contributed by atoms with Gasteiger partial charge >= 0.3 is 0 Å². The molecular weight excluding hydrogens is 388 g/mol. The minimum atomic E-state index is -3.68. The van der Waals surface area contributed by atoms with Crippen LogP contribution in [0.15, 0.2) is 47.4 Å². The van der Waals surface area contributed by atoms with E-state index in [0.717, 1.165) is 29.7 Å². The van der Waals surface area contributed by atoms with Crippen LogP contribution in [0.3, 0.4) is 0 Å². The van der Waals surface area contributed by atoms with Crippen LogP contribution >= 0.6 is 0 Å². The fraction of sp³-hybridized carbons (Fsp3) is 0.409. The van der Waals surface area contributed by atoms with E-state index < -0.39 is 10.0 Å². The quantitative estimate of drug-likeness (QED) is 0.715. The molecule has 0 atom stereocenters. The van der Waals surface area contributed by atoms with E-state index in [2.05, 4.69) is 4.72 Å². The molecule has 29 heavy (non-hydrogen) atoms. The molecule has 0 aromatic heterocycles. The Morgan fingerprint density at radius 1 is 1.14 bits per heavy atom. The lowest BCUT2D eigenvalue weighted by atomic mass is 10.0. The van der Waals surface area contributed by atoms with Crippen molar-refractivity contribution >= 4 is 15.9 Å². The molecule has 1 aliphatic heterocycles. The number of likely N-dealkylation sites (tertiary alicyclic amines) is 1. The summed E-state index contributed by atoms with van der Waals surface area (Å²) < 4.78 is 33.8. The molecule has 156 valence electrons. The van der Waals surface area contributed by atoms with E-state index in [-0.39, 0.29) is 23.3 Å². The van der Waals surface area contributed by atoms with E-state index in [1.54, 1.807) is 25.3 Å². The summed E-state index contributed by atoms with van der Waals surface area (Å²) in [5, 5.41) is 0. The second-order valence-electron chi connectivity index (χ2n) is 7.57. The van der Waals surface area contributed by atoms with Gasteiger partial charge in [-0.2, -0.15) is 0 Å². The molecule has 7 heteroatoms. The molecule has 0 unspecified atom stereocenters. The number of amides is 1. The molecule has 0 radical (unpaired) electrons. The Morgan fingerprint density at radius 2 is 1.86 bits per heavy atom. The Hall–Kier alpha value is -2.38. The van der Waals surface area contributed by atoms with Gasteiger partial charge in [0, 0.05) is 26.1 Å². The van der Waals surface area contributed by atoms with Crippen molar-refractivity contribution in [3.63, 3.8) is 0 Å². The molecule has 3 rings (SSSR count). The predicted molar refractivity (Wildman–Crippen MR) is 112 cm³/mol. The van der Waals surface area contributed by atoms with Crippen molar-refractivity contribution in [2.75, 3.05) is 13.7 Å². The van der Waals surface area contributed by atoms with Gasteiger partial charge < -0.3 is 9.64 Å². The Labute approximate surface area is 172 Å². The zero-order chi connectivity index (χ0) is 21.0. The van der Waals surface area contributed by atoms with Crippen LogP contribution in [-0.2, 0) is 27.9 Å². The fourth-order valence-electron chi connectivity index (χ4n) is 3.55. The highest BCUT2D eigenvalue weighted by Crippen LogP contribution is 2.29. The molecule has 0 bridgehead atoms. The summed E-state index contributed by atoms with van der Waals surface area (Å²) in [6, 6.07) is 12.5. The molecule has 6 nitrogen and oxygen atoms in total. The zero-order valence-electron chi connectivity index (χ0n) is 17.1. The predicted octanol–water partition coefficient (Wildman–Crippen LogP) is 3.42. The molecule has 1 amide bonds. The molecule has 1 fully saturated rings. The third-order valence-corrected chi connectivity index (χ3v) is 6.64. The summed E-state index contributed by atoms with van der Waals surface area (Å²) in [6.07, 6.45) is 1.47. The summed E-state index contributed by atoms with van der Waals surface area (Å²) in [5.74, 6) is 0.971. The van der Waals surface area contributed by atoms with Crippen LogP contribution < -0.4 is 9.46 Å². The van der Waals surface area contributed by atoms with Gasteiger partial charge in [-0.3, -0.25) is 4.79 Å². The Balaban J connectivity index is 1.77. The van der Waals surface area contributed by atoms with Crippen molar-refractivity contribution in [3.05, 3.63) is 59.2 Å². The summed E-state index contributed by atoms with van der Waals surface area (Å²) in [4.78, 5) is 14.0. The Morgan fingerprint density at radius 3 is 2.48 bits per heavy atom. The summed E-state index contributed by atoms with van der Waals surface area (Å²) >= 11 is 0. The first kappa shape index (κ1) is 21.3. The maximum atomic E-state index is 12.9. The topological polar surface area (TPSA) is 75.7 Å². The highest BCUT2D eigenvalue weighted by Gasteiger charge is 2.22. The molecule has 1 heterocycles. The number of carbonyl (C=O) groups is 1. The Kier molecular flexibility index (Phi) is 6.59. The normalized spacial score (nSPS) is 14.6. The maximum Gasteiger partial charge on any atom is 0.240 e. The van der Waals surface area contributed by atoms with Crippen molar-refractivity contribution in [1.29, 1.82) is 0 Å². The minimum absolute atomic E-state index is 0.138. The van der Waals surface area contributed by atoms with Crippen LogP contribution in [-0.4, -0.2) is 32.9 Å². The summed E-state index contributed by atoms with van der Waals surface area (Å²) in [5.41, 5.74) is 2.68. The van der Waals surface area contributed by atoms with Crippen molar-refractivity contribution in [3.8, 4) is 5.75 Å². The zero-order valence-corrected chi connectivity index (χ0v) is 18.0. The number of ether oxygens (including phenoxy) is 1. The van der Waals surface area contributed by atoms with Crippen molar-refractivity contribution < 1.29 is 17.9 Å². The van der Waals surface area contributed by atoms with Crippen molar-refractivity contribution in [1.82, 2.24) is 9.62 Å². The smallest absolute Gasteiger partial charge is 0.240 e. The van der Waals surface area contributed by atoms with Gasteiger partial charge in [-0.05, 0) is 47.2 Å². The van der Waals surface area contributed by atoms with Crippen molar-refractivity contribution in [2.24, 2.45) is 0 Å². The molecule has 1 saturated heterocycles. The average Bonchev–Trinajstić information content (AvgIpc) is 3.11. The molecule has 2 aromatic rings. The standard InChI is InChI=1S/C22H28N2O4S/c1-16(2)20-13-19(10-11-21(20)28-3)29(26,27)23-14-17-7-4-5-8-18(17)15-24-12-6-9-22(24)25/h4-5,7-8,10-11,13,16,23H,6,9,12,14-15H2,1-3H3. The van der Waals surface area contributed by atoms with E-state index in [1.807, 2.05) is 43.0 Å². The molecule has 0 saturated carbocycles. The van der Waals surface area contributed by atoms with Crippen LogP contribution in [0.4, 0.5) is 0 Å². The van der Waals surface area contributed by atoms with Crippen LogP contribution in [0.25, 0.3) is 0 Å². The minimum Gasteiger partial charge on any atom is -0.496 e. The molecule has 0 aliphatic carbocycles. The van der Waals surface area contributed by atoms with Gasteiger partial charge in [0.15, 0.2) is 0 Å². The fourth-order valence-corrected chi connectivity index (χ4v) is 4.59. The highest BCUT2D eigenvalue weighted by atomic mass is 32.2. The van der Waals surface area contributed by atoms with E-state index >= 15 is 0 Å². The summed E-state index contributed by atoms with van der Waals surface area (Å²) in [7, 11) is -2.10. The average molecular weight is 417 g/mol. The lowest BCUT2D eigenvalue weighted by molar-refractivity contribution is -0.128. The van der Waals surface area contributed by atoms with Gasteiger partial charge in [0.25, 0.3) is 0 Å². The maximum absolute atomic E-state index is 12.9. The van der Waals surface area contributed by atoms with Crippen LogP contribution in [0.5, 0.6) is 5.75 Å². The molecule has 1 N–H and O–H groups in total. The lowest BCUT2D eigenvalue weighted by Crippen LogP contribution is -2.27. The number of methoxy groups -OCH3 is 1. The second kappa shape index (κ2) is 8.97. The van der Waals surface area contributed by atoms with Crippen LogP contribution in [0, 0.1) is 0 Å². The molecule has 2 aromatic carbocycles. The largest absolute Gasteiger partial charge is 0.496 e. The van der Waals surface area contributed by atoms with Gasteiger partial charge in [0.1, 0.15) is 5.75 Å². The third-order valence-electron chi connectivity index (χ3n) is 5.24. The number of hydrogen-bond acceptors (Lipinski definition) is 4. The van der Waals surface area contributed by atoms with Crippen LogP contribution in [0.2, 0.25) is 0 Å². The number of nitrogens with one attached hydrogen (secondary N) is 1. The first-order valence-electron chi connectivity index (χ1n) is 9.84. The lowest BCUT2D eigenvalue weighted by Gasteiger charge is -2.18. The Bertz CT molecular complexity index is 986. The van der Waals surface area contributed by atoms with Crippen LogP contribution in [0.1, 0.15) is 49.3 Å². The monoisotopic (exact) mass is 416 g/mol. The molecule has 1 aliphatic rings. The van der Waals surface area contributed by atoms with Gasteiger partial charge in [-0.1, -0.05) is 38.1 Å². The first-order valence-corrected chi connectivity index (χ1v) is 11.3.